The summed E-state index contributed by atoms with van der Waals surface area (Å²) in [6.07, 6.45) is 4.11. The molecule has 0 amide bonds. The summed E-state index contributed by atoms with van der Waals surface area (Å²) < 4.78 is 23.7. The predicted molar refractivity (Wildman–Crippen MR) is 43.6 cm³/mol. The van der Waals surface area contributed by atoms with E-state index in [2.05, 4.69) is 4.72 Å². The first-order valence-electron chi connectivity index (χ1n) is 3.65. The van der Waals surface area contributed by atoms with Gasteiger partial charge in [-0.2, -0.15) is 0 Å². The summed E-state index contributed by atoms with van der Waals surface area (Å²) >= 11 is 0. The molecule has 1 saturated carbocycles. The molecule has 1 aliphatic rings. The SMILES string of the molecule is CS(=O)(=O)NCC1(N)CCC1. The molecule has 1 rings (SSSR count). The van der Waals surface area contributed by atoms with Crippen LogP contribution in [0.25, 0.3) is 0 Å². The first-order valence-corrected chi connectivity index (χ1v) is 5.54. The van der Waals surface area contributed by atoms with Gasteiger partial charge < -0.3 is 5.73 Å². The number of nitrogens with two attached hydrogens (primary N) is 1. The summed E-state index contributed by atoms with van der Waals surface area (Å²) in [5, 5.41) is 0. The first-order chi connectivity index (χ1) is 4.91. The quantitative estimate of drug-likeness (QED) is 0.607. The average Bonchev–Trinajstić information content (AvgIpc) is 1.77. The van der Waals surface area contributed by atoms with Gasteiger partial charge in [0.15, 0.2) is 0 Å². The normalized spacial score (nSPS) is 22.7. The van der Waals surface area contributed by atoms with Crippen molar-refractivity contribution in [3.8, 4) is 0 Å². The van der Waals surface area contributed by atoms with Gasteiger partial charge in [-0.25, -0.2) is 13.1 Å². The van der Waals surface area contributed by atoms with E-state index in [9.17, 15) is 8.42 Å². The number of hydrogen-bond donors (Lipinski definition) is 2. The maximum atomic E-state index is 10.7. The molecule has 0 unspecified atom stereocenters. The molecule has 0 atom stereocenters. The Balaban J connectivity index is 2.33. The molecule has 1 aliphatic carbocycles. The lowest BCUT2D eigenvalue weighted by Gasteiger charge is -2.37. The van der Waals surface area contributed by atoms with E-state index in [-0.39, 0.29) is 5.54 Å². The van der Waals surface area contributed by atoms with E-state index < -0.39 is 10.0 Å². The van der Waals surface area contributed by atoms with Crippen molar-refractivity contribution in [2.75, 3.05) is 12.8 Å². The van der Waals surface area contributed by atoms with Crippen molar-refractivity contribution in [2.45, 2.75) is 24.8 Å². The third-order valence-electron chi connectivity index (χ3n) is 2.04. The Morgan fingerprint density at radius 3 is 2.36 bits per heavy atom. The summed E-state index contributed by atoms with van der Waals surface area (Å²) in [5.41, 5.74) is 5.52. The molecule has 0 spiro atoms. The fourth-order valence-corrected chi connectivity index (χ4v) is 1.63. The summed E-state index contributed by atoms with van der Waals surface area (Å²) in [6, 6.07) is 0. The molecule has 0 saturated heterocycles. The third-order valence-corrected chi connectivity index (χ3v) is 2.70. The minimum Gasteiger partial charge on any atom is -0.324 e. The highest BCUT2D eigenvalue weighted by molar-refractivity contribution is 7.88. The molecular formula is C6H14N2O2S. The van der Waals surface area contributed by atoms with Crippen molar-refractivity contribution in [3.63, 3.8) is 0 Å². The smallest absolute Gasteiger partial charge is 0.208 e. The van der Waals surface area contributed by atoms with Crippen LogP contribution in [-0.2, 0) is 10.0 Å². The van der Waals surface area contributed by atoms with Gasteiger partial charge in [-0.1, -0.05) is 0 Å². The summed E-state index contributed by atoms with van der Waals surface area (Å²) in [7, 11) is -3.06. The van der Waals surface area contributed by atoms with E-state index in [1.165, 1.54) is 0 Å². The van der Waals surface area contributed by atoms with Crippen LogP contribution in [0.1, 0.15) is 19.3 Å². The fraction of sp³-hybridized carbons (Fsp3) is 1.00. The van der Waals surface area contributed by atoms with Gasteiger partial charge in [0.05, 0.1) is 6.26 Å². The van der Waals surface area contributed by atoms with Crippen LogP contribution in [-0.4, -0.2) is 26.8 Å². The van der Waals surface area contributed by atoms with Crippen molar-refractivity contribution in [1.29, 1.82) is 0 Å². The van der Waals surface area contributed by atoms with E-state index in [0.29, 0.717) is 6.54 Å². The van der Waals surface area contributed by atoms with Gasteiger partial charge in [-0.15, -0.1) is 0 Å². The van der Waals surface area contributed by atoms with E-state index in [1.807, 2.05) is 0 Å². The lowest BCUT2D eigenvalue weighted by molar-refractivity contribution is 0.251. The van der Waals surface area contributed by atoms with Crippen molar-refractivity contribution in [2.24, 2.45) is 5.73 Å². The third kappa shape index (κ3) is 2.76. The zero-order valence-electron chi connectivity index (χ0n) is 6.63. The molecule has 0 aromatic rings. The van der Waals surface area contributed by atoms with Crippen molar-refractivity contribution in [3.05, 3.63) is 0 Å². The van der Waals surface area contributed by atoms with Crippen LogP contribution >= 0.6 is 0 Å². The number of sulfonamides is 1. The van der Waals surface area contributed by atoms with E-state index in [0.717, 1.165) is 25.5 Å². The van der Waals surface area contributed by atoms with Crippen LogP contribution in [0.3, 0.4) is 0 Å². The molecule has 0 aromatic carbocycles. The highest BCUT2D eigenvalue weighted by Crippen LogP contribution is 2.28. The van der Waals surface area contributed by atoms with Crippen LogP contribution < -0.4 is 10.5 Å². The Hall–Kier alpha value is -0.130. The molecular weight excluding hydrogens is 164 g/mol. The monoisotopic (exact) mass is 178 g/mol. The molecule has 0 radical (unpaired) electrons. The number of rotatable bonds is 3. The maximum Gasteiger partial charge on any atom is 0.208 e. The minimum absolute atomic E-state index is 0.261. The zero-order chi connectivity index (χ0) is 8.54. The number of nitrogens with one attached hydrogen (secondary N) is 1. The highest BCUT2D eigenvalue weighted by Gasteiger charge is 2.32. The van der Waals surface area contributed by atoms with Crippen molar-refractivity contribution >= 4 is 10.0 Å². The first kappa shape index (κ1) is 8.96. The van der Waals surface area contributed by atoms with Gasteiger partial charge in [0.2, 0.25) is 10.0 Å². The van der Waals surface area contributed by atoms with E-state index >= 15 is 0 Å². The van der Waals surface area contributed by atoms with Crippen LogP contribution in [0.4, 0.5) is 0 Å². The summed E-state index contributed by atoms with van der Waals surface area (Å²) in [4.78, 5) is 0. The maximum absolute atomic E-state index is 10.7. The van der Waals surface area contributed by atoms with Crippen LogP contribution in [0.2, 0.25) is 0 Å². The van der Waals surface area contributed by atoms with Crippen LogP contribution in [0.5, 0.6) is 0 Å². The molecule has 0 aliphatic heterocycles. The molecule has 5 heteroatoms. The molecule has 4 nitrogen and oxygen atoms in total. The van der Waals surface area contributed by atoms with E-state index in [4.69, 9.17) is 5.73 Å². The highest BCUT2D eigenvalue weighted by atomic mass is 32.2. The molecule has 3 N–H and O–H groups in total. The Morgan fingerprint density at radius 1 is 1.55 bits per heavy atom. The van der Waals surface area contributed by atoms with Gasteiger partial charge in [-0.3, -0.25) is 0 Å². The summed E-state index contributed by atoms with van der Waals surface area (Å²) in [6.45, 7) is 0.381. The molecule has 0 aromatic heterocycles. The molecule has 11 heavy (non-hydrogen) atoms. The lowest BCUT2D eigenvalue weighted by Crippen LogP contribution is -2.54. The average molecular weight is 178 g/mol. The van der Waals surface area contributed by atoms with Crippen molar-refractivity contribution < 1.29 is 8.42 Å². The van der Waals surface area contributed by atoms with Crippen molar-refractivity contribution in [1.82, 2.24) is 4.72 Å². The fourth-order valence-electron chi connectivity index (χ4n) is 1.08. The van der Waals surface area contributed by atoms with Gasteiger partial charge in [-0.05, 0) is 19.3 Å². The molecule has 66 valence electrons. The second kappa shape index (κ2) is 2.73. The van der Waals surface area contributed by atoms with Crippen LogP contribution in [0, 0.1) is 0 Å². The van der Waals surface area contributed by atoms with Gasteiger partial charge in [0.1, 0.15) is 0 Å². The Morgan fingerprint density at radius 2 is 2.09 bits per heavy atom. The Labute approximate surface area is 67.2 Å². The predicted octanol–water partition coefficient (Wildman–Crippen LogP) is -0.583. The minimum atomic E-state index is -3.06. The molecule has 1 fully saturated rings. The summed E-state index contributed by atoms with van der Waals surface area (Å²) in [5.74, 6) is 0. The Kier molecular flexibility index (Phi) is 2.22. The second-order valence-electron chi connectivity index (χ2n) is 3.31. The van der Waals surface area contributed by atoms with E-state index in [1.54, 1.807) is 0 Å². The largest absolute Gasteiger partial charge is 0.324 e. The van der Waals surface area contributed by atoms with Crippen LogP contribution in [0.15, 0.2) is 0 Å². The second-order valence-corrected chi connectivity index (χ2v) is 5.14. The molecule has 0 bridgehead atoms. The topological polar surface area (TPSA) is 72.2 Å². The zero-order valence-corrected chi connectivity index (χ0v) is 7.45. The standard InChI is InChI=1S/C6H14N2O2S/c1-11(9,10)8-5-6(7)3-2-4-6/h8H,2-5,7H2,1H3. The van der Waals surface area contributed by atoms with Gasteiger partial charge in [0, 0.05) is 12.1 Å². The number of hydrogen-bond acceptors (Lipinski definition) is 3. The Bertz CT molecular complexity index is 231. The van der Waals surface area contributed by atoms with Gasteiger partial charge >= 0.3 is 0 Å². The van der Waals surface area contributed by atoms with Gasteiger partial charge in [0.25, 0.3) is 0 Å². The lowest BCUT2D eigenvalue weighted by atomic mass is 9.78. The molecule has 0 heterocycles.